The molecule has 1 aliphatic carbocycles. The van der Waals surface area contributed by atoms with Gasteiger partial charge in [0.15, 0.2) is 0 Å². The number of fused-ring (bicyclic) bond motifs is 1. The van der Waals surface area contributed by atoms with Crippen LogP contribution >= 0.6 is 0 Å². The molecule has 1 fully saturated rings. The molecule has 92 valence electrons. The van der Waals surface area contributed by atoms with E-state index in [9.17, 15) is 14.7 Å². The quantitative estimate of drug-likeness (QED) is 0.767. The van der Waals surface area contributed by atoms with E-state index in [4.69, 9.17) is 0 Å². The van der Waals surface area contributed by atoms with E-state index < -0.39 is 0 Å². The van der Waals surface area contributed by atoms with Gasteiger partial charge in [-0.15, -0.1) is 0 Å². The van der Waals surface area contributed by atoms with Gasteiger partial charge in [0.1, 0.15) is 5.75 Å². The second-order valence-electron chi connectivity index (χ2n) is 4.61. The number of allylic oxidation sites excluding steroid dienone is 1. The van der Waals surface area contributed by atoms with Gasteiger partial charge >= 0.3 is 0 Å². The zero-order valence-corrected chi connectivity index (χ0v) is 9.80. The number of benzene rings is 1. The summed E-state index contributed by atoms with van der Waals surface area (Å²) in [6.45, 7) is 0. The van der Waals surface area contributed by atoms with E-state index in [-0.39, 0.29) is 29.2 Å². The molecule has 0 spiro atoms. The molecule has 3 rings (SSSR count). The summed E-state index contributed by atoms with van der Waals surface area (Å²) in [7, 11) is 0. The lowest BCUT2D eigenvalue weighted by Gasteiger charge is -2.15. The van der Waals surface area contributed by atoms with Gasteiger partial charge in [0.2, 0.25) is 5.91 Å². The molecule has 1 atom stereocenters. The van der Waals surface area contributed by atoms with Crippen LogP contribution in [0.2, 0.25) is 0 Å². The van der Waals surface area contributed by atoms with Crippen molar-refractivity contribution in [3.63, 3.8) is 0 Å². The third-order valence-electron chi connectivity index (χ3n) is 3.53. The molecule has 18 heavy (non-hydrogen) atoms. The van der Waals surface area contributed by atoms with Gasteiger partial charge in [-0.1, -0.05) is 18.2 Å². The molecule has 1 aromatic carbocycles. The van der Waals surface area contributed by atoms with Crippen LogP contribution < -0.4 is 4.90 Å². The first-order valence-corrected chi connectivity index (χ1v) is 6.06. The predicted octanol–water partition coefficient (Wildman–Crippen LogP) is 1.99. The largest absolute Gasteiger partial charge is 0.506 e. The molecule has 0 saturated carbocycles. The smallest absolute Gasteiger partial charge is 0.261 e. The Hall–Kier alpha value is -2.10. The number of anilines is 1. The number of hydrogen-bond acceptors (Lipinski definition) is 3. The van der Waals surface area contributed by atoms with Crippen molar-refractivity contribution < 1.29 is 14.7 Å². The number of carbonyl (C=O) groups excluding carboxylic acids is 2. The summed E-state index contributed by atoms with van der Waals surface area (Å²) in [6.07, 6.45) is 4.36. The summed E-state index contributed by atoms with van der Waals surface area (Å²) >= 11 is 0. The van der Waals surface area contributed by atoms with Crippen molar-refractivity contribution in [2.24, 2.45) is 5.92 Å². The lowest BCUT2D eigenvalue weighted by molar-refractivity contribution is -0.122. The van der Waals surface area contributed by atoms with Gasteiger partial charge in [0.25, 0.3) is 5.91 Å². The number of rotatable bonds is 1. The van der Waals surface area contributed by atoms with Crippen molar-refractivity contribution in [2.45, 2.75) is 19.3 Å². The summed E-state index contributed by atoms with van der Waals surface area (Å²) in [5.74, 6) is -0.858. The Morgan fingerprint density at radius 2 is 2.00 bits per heavy atom. The molecule has 1 saturated heterocycles. The Morgan fingerprint density at radius 1 is 1.22 bits per heavy atom. The van der Waals surface area contributed by atoms with Gasteiger partial charge in [0, 0.05) is 5.57 Å². The maximum atomic E-state index is 12.3. The number of amides is 2. The summed E-state index contributed by atoms with van der Waals surface area (Å²) in [5, 5.41) is 9.77. The van der Waals surface area contributed by atoms with Gasteiger partial charge in [-0.3, -0.25) is 9.59 Å². The van der Waals surface area contributed by atoms with Gasteiger partial charge < -0.3 is 5.11 Å². The van der Waals surface area contributed by atoms with Gasteiger partial charge in [0.05, 0.1) is 11.6 Å². The Balaban J connectivity index is 2.07. The Morgan fingerprint density at radius 3 is 2.72 bits per heavy atom. The van der Waals surface area contributed by atoms with Crippen LogP contribution in [0.15, 0.2) is 35.9 Å². The highest BCUT2D eigenvalue weighted by Gasteiger charge is 2.45. The topological polar surface area (TPSA) is 57.6 Å². The number of nitrogens with zero attached hydrogens (tertiary/aromatic N) is 1. The summed E-state index contributed by atoms with van der Waals surface area (Å²) in [5.41, 5.74) is 0.873. The number of para-hydroxylation sites is 2. The van der Waals surface area contributed by atoms with E-state index in [2.05, 4.69) is 0 Å². The zero-order chi connectivity index (χ0) is 12.7. The predicted molar refractivity (Wildman–Crippen MR) is 66.0 cm³/mol. The number of carbonyl (C=O) groups is 2. The normalized spacial score (nSPS) is 23.0. The number of phenols is 1. The number of imide groups is 1. The first kappa shape index (κ1) is 11.0. The van der Waals surface area contributed by atoms with Crippen LogP contribution in [0.3, 0.4) is 0 Å². The van der Waals surface area contributed by atoms with Crippen molar-refractivity contribution >= 4 is 17.5 Å². The lowest BCUT2D eigenvalue weighted by Crippen LogP contribution is -2.30. The molecule has 1 aromatic rings. The standard InChI is InChI=1S/C14H13NO3/c16-12-8-4-3-7-11(12)15-13(17)9-5-1-2-6-10(9)14(15)18/h3-5,7-8,10,16H,1-2,6H2. The molecule has 1 N–H and O–H groups in total. The molecular formula is C14H13NO3. The fourth-order valence-corrected chi connectivity index (χ4v) is 2.64. The molecule has 1 unspecified atom stereocenters. The first-order valence-electron chi connectivity index (χ1n) is 6.06. The maximum Gasteiger partial charge on any atom is 0.261 e. The minimum atomic E-state index is -0.314. The molecule has 1 aliphatic heterocycles. The minimum Gasteiger partial charge on any atom is -0.506 e. The maximum absolute atomic E-state index is 12.3. The van der Waals surface area contributed by atoms with Crippen molar-refractivity contribution in [3.8, 4) is 5.75 Å². The van der Waals surface area contributed by atoms with Crippen LogP contribution in [-0.4, -0.2) is 16.9 Å². The van der Waals surface area contributed by atoms with Crippen LogP contribution in [0.4, 0.5) is 5.69 Å². The summed E-state index contributed by atoms with van der Waals surface area (Å²) in [6, 6.07) is 6.43. The Labute approximate surface area is 105 Å². The van der Waals surface area contributed by atoms with Crippen LogP contribution in [0.5, 0.6) is 5.75 Å². The van der Waals surface area contributed by atoms with Gasteiger partial charge in [-0.05, 0) is 31.4 Å². The molecule has 0 aromatic heterocycles. The Bertz CT molecular complexity index is 562. The summed E-state index contributed by atoms with van der Waals surface area (Å²) < 4.78 is 0. The summed E-state index contributed by atoms with van der Waals surface area (Å²) in [4.78, 5) is 25.6. The first-order chi connectivity index (χ1) is 8.70. The average Bonchev–Trinajstić information content (AvgIpc) is 2.64. The second kappa shape index (κ2) is 3.98. The third-order valence-corrected chi connectivity index (χ3v) is 3.53. The molecular weight excluding hydrogens is 230 g/mol. The van der Waals surface area contributed by atoms with Crippen molar-refractivity contribution in [1.82, 2.24) is 0 Å². The molecule has 4 heteroatoms. The third kappa shape index (κ3) is 1.45. The number of aromatic hydroxyl groups is 1. The average molecular weight is 243 g/mol. The van der Waals surface area contributed by atoms with Crippen LogP contribution in [0.1, 0.15) is 19.3 Å². The van der Waals surface area contributed by atoms with Crippen molar-refractivity contribution in [1.29, 1.82) is 0 Å². The van der Waals surface area contributed by atoms with Crippen LogP contribution in [0, 0.1) is 5.92 Å². The van der Waals surface area contributed by atoms with E-state index in [0.717, 1.165) is 24.2 Å². The molecule has 0 bridgehead atoms. The van der Waals surface area contributed by atoms with E-state index in [0.29, 0.717) is 5.57 Å². The highest BCUT2D eigenvalue weighted by molar-refractivity contribution is 6.29. The van der Waals surface area contributed by atoms with Crippen LogP contribution in [-0.2, 0) is 9.59 Å². The minimum absolute atomic E-state index is 0.0431. The second-order valence-corrected chi connectivity index (χ2v) is 4.61. The van der Waals surface area contributed by atoms with Gasteiger partial charge in [-0.2, -0.15) is 0 Å². The van der Waals surface area contributed by atoms with Crippen molar-refractivity contribution in [3.05, 3.63) is 35.9 Å². The molecule has 2 aliphatic rings. The molecule has 0 radical (unpaired) electrons. The van der Waals surface area contributed by atoms with E-state index in [1.807, 2.05) is 6.08 Å². The number of hydrogen-bond donors (Lipinski definition) is 1. The monoisotopic (exact) mass is 243 g/mol. The van der Waals surface area contributed by atoms with E-state index in [1.54, 1.807) is 18.2 Å². The molecule has 1 heterocycles. The van der Waals surface area contributed by atoms with Gasteiger partial charge in [-0.25, -0.2) is 4.90 Å². The molecule has 2 amide bonds. The number of phenolic OH excluding ortho intramolecular Hbond substituents is 1. The SMILES string of the molecule is O=C1C2=CCCCC2C(=O)N1c1ccccc1O. The van der Waals surface area contributed by atoms with E-state index in [1.165, 1.54) is 6.07 Å². The zero-order valence-electron chi connectivity index (χ0n) is 9.80. The highest BCUT2D eigenvalue weighted by atomic mass is 16.3. The van der Waals surface area contributed by atoms with Crippen molar-refractivity contribution in [2.75, 3.05) is 4.90 Å². The lowest BCUT2D eigenvalue weighted by atomic mass is 9.90. The highest BCUT2D eigenvalue weighted by Crippen LogP contribution is 2.39. The Kier molecular flexibility index (Phi) is 2.44. The molecule has 4 nitrogen and oxygen atoms in total. The fraction of sp³-hybridized carbons (Fsp3) is 0.286. The fourth-order valence-electron chi connectivity index (χ4n) is 2.64. The van der Waals surface area contributed by atoms with E-state index >= 15 is 0 Å². The van der Waals surface area contributed by atoms with Crippen LogP contribution in [0.25, 0.3) is 0 Å².